The molecule has 1 aliphatic carbocycles. The van der Waals surface area contributed by atoms with Crippen LogP contribution < -0.4 is 10.6 Å². The molecule has 1 aromatic carbocycles. The maximum absolute atomic E-state index is 12.0. The van der Waals surface area contributed by atoms with Crippen LogP contribution in [0.3, 0.4) is 0 Å². The minimum atomic E-state index is -0.124. The Morgan fingerprint density at radius 1 is 1.04 bits per heavy atom. The summed E-state index contributed by atoms with van der Waals surface area (Å²) in [6, 6.07) is 9.74. The number of rotatable bonds is 6. The van der Waals surface area contributed by atoms with Crippen molar-refractivity contribution in [1.29, 1.82) is 0 Å². The molecule has 1 fully saturated rings. The monoisotopic (exact) mass is 317 g/mol. The molecule has 1 saturated carbocycles. The van der Waals surface area contributed by atoms with Crippen LogP contribution >= 0.6 is 0 Å². The topological polar surface area (TPSA) is 61.4 Å². The van der Waals surface area contributed by atoms with Gasteiger partial charge in [-0.15, -0.1) is 0 Å². The number of amides is 3. The zero-order valence-electron chi connectivity index (χ0n) is 13.9. The summed E-state index contributed by atoms with van der Waals surface area (Å²) >= 11 is 0. The van der Waals surface area contributed by atoms with Crippen molar-refractivity contribution in [3.8, 4) is 0 Å². The molecule has 0 aromatic heterocycles. The van der Waals surface area contributed by atoms with Crippen LogP contribution in [-0.2, 0) is 11.3 Å². The Bertz CT molecular complexity index is 498. The van der Waals surface area contributed by atoms with Gasteiger partial charge in [-0.3, -0.25) is 4.79 Å². The van der Waals surface area contributed by atoms with Crippen molar-refractivity contribution in [3.63, 3.8) is 0 Å². The molecular weight excluding hydrogens is 290 g/mol. The molecule has 0 saturated heterocycles. The van der Waals surface area contributed by atoms with E-state index in [1.54, 1.807) is 11.9 Å². The molecule has 3 amide bonds. The number of urea groups is 1. The maximum Gasteiger partial charge on any atom is 0.317 e. The molecule has 0 unspecified atom stereocenters. The molecule has 5 nitrogen and oxygen atoms in total. The Hall–Kier alpha value is -2.04. The molecule has 2 N–H and O–H groups in total. The largest absolute Gasteiger partial charge is 0.354 e. The van der Waals surface area contributed by atoms with Gasteiger partial charge in [0.2, 0.25) is 5.91 Å². The Balaban J connectivity index is 1.61. The van der Waals surface area contributed by atoms with E-state index < -0.39 is 0 Å². The second-order valence-electron chi connectivity index (χ2n) is 6.20. The third-order valence-corrected chi connectivity index (χ3v) is 4.29. The average Bonchev–Trinajstić information content (AvgIpc) is 2.60. The fraction of sp³-hybridized carbons (Fsp3) is 0.556. The summed E-state index contributed by atoms with van der Waals surface area (Å²) in [6.45, 7) is 1.51. The molecule has 0 atom stereocenters. The van der Waals surface area contributed by atoms with E-state index in [0.717, 1.165) is 31.2 Å². The number of nitrogens with one attached hydrogen (secondary N) is 2. The van der Waals surface area contributed by atoms with Gasteiger partial charge in [0.1, 0.15) is 0 Å². The van der Waals surface area contributed by atoms with Gasteiger partial charge in [-0.2, -0.15) is 0 Å². The summed E-state index contributed by atoms with van der Waals surface area (Å²) in [5.74, 6) is 0.303. The van der Waals surface area contributed by atoms with Gasteiger partial charge >= 0.3 is 6.03 Å². The average molecular weight is 317 g/mol. The Kier molecular flexibility index (Phi) is 6.91. The van der Waals surface area contributed by atoms with Crippen molar-refractivity contribution in [2.75, 3.05) is 20.1 Å². The van der Waals surface area contributed by atoms with Crippen LogP contribution in [0.2, 0.25) is 0 Å². The van der Waals surface area contributed by atoms with Crippen molar-refractivity contribution in [1.82, 2.24) is 15.5 Å². The molecule has 126 valence electrons. The number of benzene rings is 1. The second-order valence-corrected chi connectivity index (χ2v) is 6.20. The second kappa shape index (κ2) is 9.18. The third-order valence-electron chi connectivity index (χ3n) is 4.29. The molecule has 0 bridgehead atoms. The van der Waals surface area contributed by atoms with Gasteiger partial charge in [0, 0.05) is 32.6 Å². The predicted octanol–water partition coefficient (Wildman–Crippen LogP) is 2.52. The summed E-state index contributed by atoms with van der Waals surface area (Å²) in [5.41, 5.74) is 1.09. The van der Waals surface area contributed by atoms with Crippen molar-refractivity contribution < 1.29 is 9.59 Å². The summed E-state index contributed by atoms with van der Waals surface area (Å²) in [4.78, 5) is 25.6. The van der Waals surface area contributed by atoms with E-state index in [1.165, 1.54) is 6.42 Å². The molecule has 2 rings (SSSR count). The lowest BCUT2D eigenvalue weighted by Crippen LogP contribution is -2.42. The third kappa shape index (κ3) is 5.93. The number of hydrogen-bond donors (Lipinski definition) is 2. The lowest BCUT2D eigenvalue weighted by molar-refractivity contribution is -0.125. The number of carbonyl (C=O) groups is 2. The fourth-order valence-electron chi connectivity index (χ4n) is 2.93. The van der Waals surface area contributed by atoms with Gasteiger partial charge < -0.3 is 15.5 Å². The minimum Gasteiger partial charge on any atom is -0.354 e. The first kappa shape index (κ1) is 17.3. The Labute approximate surface area is 138 Å². The molecule has 0 radical (unpaired) electrons. The van der Waals surface area contributed by atoms with E-state index >= 15 is 0 Å². The van der Waals surface area contributed by atoms with E-state index in [-0.39, 0.29) is 17.9 Å². The number of nitrogens with zero attached hydrogens (tertiary/aromatic N) is 1. The van der Waals surface area contributed by atoms with Crippen LogP contribution in [0.15, 0.2) is 30.3 Å². The molecule has 23 heavy (non-hydrogen) atoms. The van der Waals surface area contributed by atoms with E-state index in [0.29, 0.717) is 19.6 Å². The van der Waals surface area contributed by atoms with Crippen molar-refractivity contribution in [3.05, 3.63) is 35.9 Å². The first-order valence-corrected chi connectivity index (χ1v) is 8.47. The Morgan fingerprint density at radius 2 is 1.70 bits per heavy atom. The maximum atomic E-state index is 12.0. The molecular formula is C18H27N3O2. The highest BCUT2D eigenvalue weighted by atomic mass is 16.2. The van der Waals surface area contributed by atoms with Crippen LogP contribution in [0.1, 0.15) is 37.7 Å². The lowest BCUT2D eigenvalue weighted by atomic mass is 9.89. The SMILES string of the molecule is CN(Cc1ccccc1)C(=O)NCCNC(=O)C1CCCCC1. The molecule has 5 heteroatoms. The predicted molar refractivity (Wildman–Crippen MR) is 90.9 cm³/mol. The summed E-state index contributed by atoms with van der Waals surface area (Å²) in [5, 5.41) is 5.76. The van der Waals surface area contributed by atoms with E-state index in [4.69, 9.17) is 0 Å². The molecule has 1 aromatic rings. The standard InChI is InChI=1S/C18H27N3O2/c1-21(14-15-8-4-2-5-9-15)18(23)20-13-12-19-17(22)16-10-6-3-7-11-16/h2,4-5,8-9,16H,3,6-7,10-14H2,1H3,(H,19,22)(H,20,23). The van der Waals surface area contributed by atoms with Crippen LogP contribution in [0, 0.1) is 5.92 Å². The van der Waals surface area contributed by atoms with Crippen LogP contribution in [-0.4, -0.2) is 37.0 Å². The number of hydrogen-bond acceptors (Lipinski definition) is 2. The minimum absolute atomic E-state index is 0.124. The molecule has 0 spiro atoms. The first-order valence-electron chi connectivity index (χ1n) is 8.47. The van der Waals surface area contributed by atoms with Crippen LogP contribution in [0.25, 0.3) is 0 Å². The highest BCUT2D eigenvalue weighted by molar-refractivity contribution is 5.78. The Morgan fingerprint density at radius 3 is 2.39 bits per heavy atom. The summed E-state index contributed by atoms with van der Waals surface area (Å²) < 4.78 is 0. The zero-order valence-corrected chi connectivity index (χ0v) is 13.9. The van der Waals surface area contributed by atoms with E-state index in [2.05, 4.69) is 10.6 Å². The van der Waals surface area contributed by atoms with E-state index in [1.807, 2.05) is 30.3 Å². The normalized spacial score (nSPS) is 15.0. The quantitative estimate of drug-likeness (QED) is 0.792. The smallest absolute Gasteiger partial charge is 0.317 e. The van der Waals surface area contributed by atoms with Gasteiger partial charge in [-0.05, 0) is 18.4 Å². The molecule has 0 aliphatic heterocycles. The van der Waals surface area contributed by atoms with Gasteiger partial charge in [-0.1, -0.05) is 49.6 Å². The summed E-state index contributed by atoms with van der Waals surface area (Å²) in [6.07, 6.45) is 5.54. The number of carbonyl (C=O) groups excluding carboxylic acids is 2. The molecule has 0 heterocycles. The van der Waals surface area contributed by atoms with Gasteiger partial charge in [-0.25, -0.2) is 4.79 Å². The fourth-order valence-corrected chi connectivity index (χ4v) is 2.93. The lowest BCUT2D eigenvalue weighted by Gasteiger charge is -2.21. The van der Waals surface area contributed by atoms with Crippen molar-refractivity contribution in [2.45, 2.75) is 38.6 Å². The molecule has 1 aliphatic rings. The zero-order chi connectivity index (χ0) is 16.5. The van der Waals surface area contributed by atoms with Crippen molar-refractivity contribution >= 4 is 11.9 Å². The summed E-state index contributed by atoms with van der Waals surface area (Å²) in [7, 11) is 1.77. The van der Waals surface area contributed by atoms with Gasteiger partial charge in [0.15, 0.2) is 0 Å². The highest BCUT2D eigenvalue weighted by Crippen LogP contribution is 2.23. The van der Waals surface area contributed by atoms with Crippen molar-refractivity contribution in [2.24, 2.45) is 5.92 Å². The van der Waals surface area contributed by atoms with Crippen LogP contribution in [0.4, 0.5) is 4.79 Å². The van der Waals surface area contributed by atoms with Crippen LogP contribution in [0.5, 0.6) is 0 Å². The highest BCUT2D eigenvalue weighted by Gasteiger charge is 2.20. The first-order chi connectivity index (χ1) is 11.2. The van der Waals surface area contributed by atoms with Gasteiger partial charge in [0.05, 0.1) is 0 Å². The van der Waals surface area contributed by atoms with Gasteiger partial charge in [0.25, 0.3) is 0 Å². The van der Waals surface area contributed by atoms with E-state index in [9.17, 15) is 9.59 Å².